The topological polar surface area (TPSA) is 6.48 Å². The van der Waals surface area contributed by atoms with Crippen molar-refractivity contribution in [2.45, 2.75) is 152 Å². The van der Waals surface area contributed by atoms with Gasteiger partial charge < -0.3 is 9.80 Å². The Bertz CT molecular complexity index is 4320. The average Bonchev–Trinajstić information content (AvgIpc) is 0.776. The second kappa shape index (κ2) is 24.3. The van der Waals surface area contributed by atoms with E-state index in [1.165, 1.54) is 250 Å². The maximum atomic E-state index is 2.55. The summed E-state index contributed by atoms with van der Waals surface area (Å²) in [5.74, 6) is 2.56. The average molecular weight is 1140 g/mol. The molecule has 12 aromatic carbocycles. The van der Waals surface area contributed by atoms with E-state index in [4.69, 9.17) is 0 Å². The number of nitrogens with zero attached hydrogens (tertiary/aromatic N) is 2. The van der Waals surface area contributed by atoms with Gasteiger partial charge in [-0.1, -0.05) is 229 Å². The van der Waals surface area contributed by atoms with E-state index in [0.717, 1.165) is 11.4 Å². The van der Waals surface area contributed by atoms with Crippen LogP contribution in [0.1, 0.15) is 174 Å². The zero-order chi connectivity index (χ0) is 58.3. The van der Waals surface area contributed by atoms with Crippen molar-refractivity contribution in [2.75, 3.05) is 9.80 Å². The van der Waals surface area contributed by atoms with Crippen LogP contribution < -0.4 is 9.80 Å². The number of fused-ring (bicyclic) bond motifs is 6. The molecule has 436 valence electrons. The van der Waals surface area contributed by atoms with Crippen molar-refractivity contribution in [3.8, 4) is 22.3 Å². The van der Waals surface area contributed by atoms with E-state index in [0.29, 0.717) is 23.7 Å². The lowest BCUT2D eigenvalue weighted by atomic mass is 9.83. The zero-order valence-electron chi connectivity index (χ0n) is 51.3. The van der Waals surface area contributed by atoms with E-state index < -0.39 is 0 Å². The first kappa shape index (κ1) is 54.9. The van der Waals surface area contributed by atoms with Crippen LogP contribution in [0.25, 0.3) is 76.1 Å². The molecule has 0 heterocycles. The van der Waals surface area contributed by atoms with Crippen molar-refractivity contribution in [1.29, 1.82) is 0 Å². The summed E-state index contributed by atoms with van der Waals surface area (Å²) in [5.41, 5.74) is 18.1. The minimum atomic E-state index is 0.639. The molecule has 16 rings (SSSR count). The van der Waals surface area contributed by atoms with Gasteiger partial charge in [-0.15, -0.1) is 0 Å². The Morgan fingerprint density at radius 1 is 0.216 bits per heavy atom. The summed E-state index contributed by atoms with van der Waals surface area (Å²) in [5, 5.41) is 12.6. The van der Waals surface area contributed by atoms with Gasteiger partial charge in [0.05, 0.1) is 0 Å². The summed E-state index contributed by atoms with van der Waals surface area (Å²) in [7, 11) is 0. The molecule has 4 aliphatic carbocycles. The molecule has 12 aromatic rings. The monoisotopic (exact) mass is 1140 g/mol. The predicted octanol–water partition coefficient (Wildman–Crippen LogP) is 25.9. The minimum absolute atomic E-state index is 0.639. The van der Waals surface area contributed by atoms with Crippen LogP contribution in [0.15, 0.2) is 231 Å². The maximum absolute atomic E-state index is 2.55. The molecule has 88 heavy (non-hydrogen) atoms. The maximum Gasteiger partial charge on any atom is 0.0468 e. The first-order valence-corrected chi connectivity index (χ1v) is 34.1. The smallest absolute Gasteiger partial charge is 0.0468 e. The predicted molar refractivity (Wildman–Crippen MR) is 378 cm³/mol. The van der Waals surface area contributed by atoms with Gasteiger partial charge in [-0.25, -0.2) is 0 Å². The first-order valence-electron chi connectivity index (χ1n) is 34.1. The van der Waals surface area contributed by atoms with Crippen LogP contribution in [-0.4, -0.2) is 0 Å². The molecule has 0 radical (unpaired) electrons. The lowest BCUT2D eigenvalue weighted by molar-refractivity contribution is 0.443. The largest absolute Gasteiger partial charge is 0.310 e. The van der Waals surface area contributed by atoms with Gasteiger partial charge in [-0.05, 0) is 252 Å². The van der Waals surface area contributed by atoms with Crippen molar-refractivity contribution in [1.82, 2.24) is 0 Å². The van der Waals surface area contributed by atoms with Gasteiger partial charge in [-0.3, -0.25) is 0 Å². The van der Waals surface area contributed by atoms with Gasteiger partial charge in [0.2, 0.25) is 0 Å². The van der Waals surface area contributed by atoms with Crippen LogP contribution in [0.2, 0.25) is 0 Å². The van der Waals surface area contributed by atoms with Crippen LogP contribution >= 0.6 is 0 Å². The highest BCUT2D eigenvalue weighted by Gasteiger charge is 2.26. The van der Waals surface area contributed by atoms with Crippen LogP contribution in [0.3, 0.4) is 0 Å². The zero-order valence-corrected chi connectivity index (χ0v) is 51.3. The summed E-state index contributed by atoms with van der Waals surface area (Å²) < 4.78 is 0. The molecule has 0 aliphatic heterocycles. The summed E-state index contributed by atoms with van der Waals surface area (Å²) >= 11 is 0. The molecular formula is C86H82N2. The van der Waals surface area contributed by atoms with Crippen LogP contribution in [0.4, 0.5) is 34.1 Å². The van der Waals surface area contributed by atoms with Gasteiger partial charge >= 0.3 is 0 Å². The molecule has 0 spiro atoms. The van der Waals surface area contributed by atoms with E-state index in [9.17, 15) is 0 Å². The molecule has 2 nitrogen and oxygen atoms in total. The van der Waals surface area contributed by atoms with Crippen molar-refractivity contribution in [3.05, 3.63) is 253 Å². The lowest BCUT2D eigenvalue weighted by Gasteiger charge is -2.30. The normalized spacial score (nSPS) is 16.7. The number of anilines is 6. The molecular weight excluding hydrogens is 1060 g/mol. The molecule has 0 aromatic heterocycles. The van der Waals surface area contributed by atoms with Crippen molar-refractivity contribution >= 4 is 88.0 Å². The van der Waals surface area contributed by atoms with E-state index >= 15 is 0 Å². The van der Waals surface area contributed by atoms with Gasteiger partial charge in [0.25, 0.3) is 0 Å². The molecule has 2 heteroatoms. The second-order valence-corrected chi connectivity index (χ2v) is 26.8. The third-order valence-electron chi connectivity index (χ3n) is 21.6. The van der Waals surface area contributed by atoms with Crippen molar-refractivity contribution in [2.24, 2.45) is 0 Å². The fraction of sp³-hybridized carbons (Fsp3) is 0.279. The molecule has 4 aliphatic rings. The third-order valence-corrected chi connectivity index (χ3v) is 21.6. The number of hydrogen-bond acceptors (Lipinski definition) is 2. The fourth-order valence-electron chi connectivity index (χ4n) is 16.9. The van der Waals surface area contributed by atoms with E-state index in [2.05, 4.69) is 240 Å². The highest BCUT2D eigenvalue weighted by atomic mass is 15.1. The minimum Gasteiger partial charge on any atom is -0.310 e. The van der Waals surface area contributed by atoms with Gasteiger partial charge in [0.15, 0.2) is 0 Å². The van der Waals surface area contributed by atoms with Crippen LogP contribution in [0.5, 0.6) is 0 Å². The van der Waals surface area contributed by atoms with Crippen LogP contribution in [-0.2, 0) is 0 Å². The summed E-state index contributed by atoms with van der Waals surface area (Å²) in [6, 6.07) is 90.7. The number of benzene rings is 12. The third kappa shape index (κ3) is 10.5. The SMILES string of the molecule is c1ccc2c(-c3c4ccc(N(c5ccc(C6CCCCC6)cc5)c5ccc(C6CCCCC6)cc5)cc4c(-c4ccc5ccc6ccccc6c5c4)c4ccc(N(c5ccc(C6CCCCC6)cc5)c5ccc(C6CCCCC6)cc5)cc34)cccc2c1. The Hall–Kier alpha value is -8.46. The number of hydrogen-bond donors (Lipinski definition) is 0. The Labute approximate surface area is 521 Å². The molecule has 0 bridgehead atoms. The first-order chi connectivity index (χ1) is 43.6. The standard InChI is InChI=1S/C86H82N2/c1-5-18-59(19-6-1)63-36-44-71(45-37-63)87(72-46-38-64(39-47-72)60-20-7-2-8-21-60)75-53-55-81-83(57-75)85(70-35-34-69-33-32-68-27-14-16-30-78(68)82(69)56-70)80-54-52-76(58-84(80)86(81)79-31-17-28-67-26-13-15-29-77(67)79)88(73-48-40-65(41-49-73)61-22-9-3-10-23-61)74-50-42-66(43-51-74)62-24-11-4-12-25-62/h13-17,26-62H,1-12,18-25H2. The number of rotatable bonds is 12. The van der Waals surface area contributed by atoms with Gasteiger partial charge in [-0.2, -0.15) is 0 Å². The molecule has 4 fully saturated rings. The molecule has 0 saturated heterocycles. The molecule has 4 saturated carbocycles. The molecule has 0 amide bonds. The highest BCUT2D eigenvalue weighted by Crippen LogP contribution is 2.51. The lowest BCUT2D eigenvalue weighted by Crippen LogP contribution is -2.12. The Balaban J connectivity index is 0.948. The highest BCUT2D eigenvalue weighted by molar-refractivity contribution is 6.25. The fourth-order valence-corrected chi connectivity index (χ4v) is 16.9. The summed E-state index contributed by atoms with van der Waals surface area (Å²) in [6.07, 6.45) is 26.4. The Kier molecular flexibility index (Phi) is 15.1. The quantitative estimate of drug-likeness (QED) is 0.0889. The van der Waals surface area contributed by atoms with Crippen molar-refractivity contribution in [3.63, 3.8) is 0 Å². The molecule has 0 N–H and O–H groups in total. The van der Waals surface area contributed by atoms with E-state index in [-0.39, 0.29) is 0 Å². The summed E-state index contributed by atoms with van der Waals surface area (Å²) in [4.78, 5) is 5.10. The van der Waals surface area contributed by atoms with Gasteiger partial charge in [0, 0.05) is 34.1 Å². The summed E-state index contributed by atoms with van der Waals surface area (Å²) in [6.45, 7) is 0. The molecule has 0 atom stereocenters. The van der Waals surface area contributed by atoms with E-state index in [1.807, 2.05) is 0 Å². The van der Waals surface area contributed by atoms with Crippen molar-refractivity contribution < 1.29 is 0 Å². The Morgan fingerprint density at radius 3 is 1.00 bits per heavy atom. The second-order valence-electron chi connectivity index (χ2n) is 26.8. The van der Waals surface area contributed by atoms with E-state index in [1.54, 1.807) is 0 Å². The van der Waals surface area contributed by atoms with Crippen LogP contribution in [0, 0.1) is 0 Å². The molecule has 0 unspecified atom stereocenters. The Morgan fingerprint density at radius 2 is 0.557 bits per heavy atom. The van der Waals surface area contributed by atoms with Gasteiger partial charge in [0.1, 0.15) is 0 Å².